The molecule has 1 aromatic rings. The Bertz CT molecular complexity index is 459. The van der Waals surface area contributed by atoms with Crippen LogP contribution in [0.1, 0.15) is 46.1 Å². The van der Waals surface area contributed by atoms with E-state index in [2.05, 4.69) is 56.1 Å². The van der Waals surface area contributed by atoms with Crippen LogP contribution in [0.5, 0.6) is 5.75 Å². The third-order valence-corrected chi connectivity index (χ3v) is 4.20. The molecule has 1 aliphatic rings. The summed E-state index contributed by atoms with van der Waals surface area (Å²) in [5, 5.41) is 3.51. The number of hydrogen-bond acceptors (Lipinski definition) is 3. The molecular weight excluding hydrogens is 272 g/mol. The molecule has 1 saturated heterocycles. The lowest BCUT2D eigenvalue weighted by atomic mass is 9.99. The molecule has 1 heterocycles. The summed E-state index contributed by atoms with van der Waals surface area (Å²) in [6, 6.07) is 6.70. The molecule has 3 heteroatoms. The maximum absolute atomic E-state index is 5.92. The number of nitrogens with zero attached hydrogens (tertiary/aromatic N) is 1. The van der Waals surface area contributed by atoms with Crippen LogP contribution in [0.2, 0.25) is 0 Å². The molecule has 0 amide bonds. The Morgan fingerprint density at radius 3 is 2.86 bits per heavy atom. The SMILES string of the molecule is CCOc1cc(CNCC(C)C)ccc1N1CCCC(C)C1. The molecule has 0 bridgehead atoms. The normalized spacial score (nSPS) is 18.8. The van der Waals surface area contributed by atoms with Crippen molar-refractivity contribution in [2.45, 2.75) is 47.1 Å². The van der Waals surface area contributed by atoms with Crippen molar-refractivity contribution in [2.24, 2.45) is 11.8 Å². The molecule has 1 fully saturated rings. The summed E-state index contributed by atoms with van der Waals surface area (Å²) in [7, 11) is 0. The maximum atomic E-state index is 5.92. The lowest BCUT2D eigenvalue weighted by molar-refractivity contribution is 0.337. The van der Waals surface area contributed by atoms with E-state index in [9.17, 15) is 0 Å². The zero-order chi connectivity index (χ0) is 15.9. The van der Waals surface area contributed by atoms with Gasteiger partial charge in [-0.3, -0.25) is 0 Å². The second-order valence-corrected chi connectivity index (χ2v) is 6.95. The number of ether oxygens (including phenoxy) is 1. The summed E-state index contributed by atoms with van der Waals surface area (Å²) in [5.74, 6) is 2.50. The van der Waals surface area contributed by atoms with Crippen LogP contribution >= 0.6 is 0 Å². The summed E-state index contributed by atoms with van der Waals surface area (Å²) in [6.45, 7) is 13.9. The van der Waals surface area contributed by atoms with Crippen LogP contribution in [0.15, 0.2) is 18.2 Å². The molecule has 0 saturated carbocycles. The molecule has 0 aromatic heterocycles. The van der Waals surface area contributed by atoms with Gasteiger partial charge in [-0.2, -0.15) is 0 Å². The first kappa shape index (κ1) is 17.1. The average molecular weight is 304 g/mol. The van der Waals surface area contributed by atoms with Crippen LogP contribution in [0.25, 0.3) is 0 Å². The molecule has 1 aromatic carbocycles. The van der Waals surface area contributed by atoms with Crippen molar-refractivity contribution >= 4 is 5.69 Å². The Balaban J connectivity index is 2.09. The van der Waals surface area contributed by atoms with E-state index >= 15 is 0 Å². The van der Waals surface area contributed by atoms with Crippen molar-refractivity contribution in [3.8, 4) is 5.75 Å². The highest BCUT2D eigenvalue weighted by Crippen LogP contribution is 2.32. The number of benzene rings is 1. The van der Waals surface area contributed by atoms with Gasteiger partial charge in [0.15, 0.2) is 0 Å². The van der Waals surface area contributed by atoms with Gasteiger partial charge in [-0.15, -0.1) is 0 Å². The minimum absolute atomic E-state index is 0.681. The van der Waals surface area contributed by atoms with Gasteiger partial charge >= 0.3 is 0 Å². The highest BCUT2D eigenvalue weighted by Gasteiger charge is 2.19. The third kappa shape index (κ3) is 4.91. The third-order valence-electron chi connectivity index (χ3n) is 4.20. The zero-order valence-corrected chi connectivity index (χ0v) is 14.7. The lowest BCUT2D eigenvalue weighted by Gasteiger charge is -2.34. The Morgan fingerprint density at radius 2 is 2.18 bits per heavy atom. The monoisotopic (exact) mass is 304 g/mol. The van der Waals surface area contributed by atoms with Crippen LogP contribution in [-0.2, 0) is 6.54 Å². The molecule has 2 rings (SSSR count). The second kappa shape index (κ2) is 8.42. The summed E-state index contributed by atoms with van der Waals surface area (Å²) in [4.78, 5) is 2.49. The molecule has 1 unspecified atom stereocenters. The number of hydrogen-bond donors (Lipinski definition) is 1. The van der Waals surface area contributed by atoms with Crippen molar-refractivity contribution in [2.75, 3.05) is 31.1 Å². The van der Waals surface area contributed by atoms with Crippen molar-refractivity contribution in [1.82, 2.24) is 5.32 Å². The number of nitrogens with one attached hydrogen (secondary N) is 1. The fourth-order valence-corrected chi connectivity index (χ4v) is 3.11. The van der Waals surface area contributed by atoms with Crippen molar-refractivity contribution in [3.63, 3.8) is 0 Å². The average Bonchev–Trinajstić information content (AvgIpc) is 2.47. The Labute approximate surface area is 136 Å². The predicted octanol–water partition coefficient (Wildman–Crippen LogP) is 4.07. The number of rotatable bonds is 7. The highest BCUT2D eigenvalue weighted by atomic mass is 16.5. The van der Waals surface area contributed by atoms with E-state index in [0.29, 0.717) is 5.92 Å². The molecule has 1 aliphatic heterocycles. The molecule has 0 spiro atoms. The van der Waals surface area contributed by atoms with Crippen molar-refractivity contribution < 1.29 is 4.74 Å². The molecule has 22 heavy (non-hydrogen) atoms. The molecule has 3 nitrogen and oxygen atoms in total. The lowest BCUT2D eigenvalue weighted by Crippen LogP contribution is -2.34. The van der Waals surface area contributed by atoms with E-state index in [1.54, 1.807) is 0 Å². The minimum atomic E-state index is 0.681. The number of piperidine rings is 1. The van der Waals surface area contributed by atoms with Gasteiger partial charge in [-0.05, 0) is 55.8 Å². The standard InChI is InChI=1S/C19H32N2O/c1-5-22-19-11-17(13-20-12-15(2)3)8-9-18(19)21-10-6-7-16(4)14-21/h8-9,11,15-16,20H,5-7,10,12-14H2,1-4H3. The Hall–Kier alpha value is -1.22. The van der Waals surface area contributed by atoms with Crippen molar-refractivity contribution in [1.29, 1.82) is 0 Å². The molecule has 1 atom stereocenters. The maximum Gasteiger partial charge on any atom is 0.142 e. The van der Waals surface area contributed by atoms with Crippen LogP contribution in [-0.4, -0.2) is 26.2 Å². The van der Waals surface area contributed by atoms with Crippen molar-refractivity contribution in [3.05, 3.63) is 23.8 Å². The fraction of sp³-hybridized carbons (Fsp3) is 0.684. The van der Waals surface area contributed by atoms with Gasteiger partial charge in [0, 0.05) is 19.6 Å². The highest BCUT2D eigenvalue weighted by molar-refractivity contribution is 5.60. The van der Waals surface area contributed by atoms with E-state index in [1.165, 1.54) is 24.1 Å². The minimum Gasteiger partial charge on any atom is -0.492 e. The smallest absolute Gasteiger partial charge is 0.142 e. The first-order valence-corrected chi connectivity index (χ1v) is 8.81. The molecular formula is C19H32N2O. The predicted molar refractivity (Wildman–Crippen MR) is 94.8 cm³/mol. The van der Waals surface area contributed by atoms with E-state index in [1.807, 2.05) is 0 Å². The molecule has 1 N–H and O–H groups in total. The summed E-state index contributed by atoms with van der Waals surface area (Å²) in [6.07, 6.45) is 2.63. The van der Waals surface area contributed by atoms with Gasteiger partial charge in [0.2, 0.25) is 0 Å². The van der Waals surface area contributed by atoms with Crippen LogP contribution in [0.3, 0.4) is 0 Å². The first-order valence-electron chi connectivity index (χ1n) is 8.81. The van der Waals surface area contributed by atoms with E-state index < -0.39 is 0 Å². The summed E-state index contributed by atoms with van der Waals surface area (Å²) in [5.41, 5.74) is 2.57. The summed E-state index contributed by atoms with van der Waals surface area (Å²) >= 11 is 0. The molecule has 0 aliphatic carbocycles. The largest absolute Gasteiger partial charge is 0.492 e. The Kier molecular flexibility index (Phi) is 6.56. The quantitative estimate of drug-likeness (QED) is 0.822. The van der Waals surface area contributed by atoms with Crippen LogP contribution in [0.4, 0.5) is 5.69 Å². The Morgan fingerprint density at radius 1 is 1.36 bits per heavy atom. The van der Waals surface area contributed by atoms with Gasteiger partial charge in [0.25, 0.3) is 0 Å². The van der Waals surface area contributed by atoms with Crippen LogP contribution < -0.4 is 15.0 Å². The zero-order valence-electron chi connectivity index (χ0n) is 14.7. The van der Waals surface area contributed by atoms with Gasteiger partial charge in [-0.25, -0.2) is 0 Å². The summed E-state index contributed by atoms with van der Waals surface area (Å²) < 4.78 is 5.92. The van der Waals surface area contributed by atoms with E-state index in [4.69, 9.17) is 4.74 Å². The van der Waals surface area contributed by atoms with Gasteiger partial charge < -0.3 is 15.0 Å². The fourth-order valence-electron chi connectivity index (χ4n) is 3.11. The van der Waals surface area contributed by atoms with Crippen LogP contribution in [0, 0.1) is 11.8 Å². The van der Waals surface area contributed by atoms with E-state index in [-0.39, 0.29) is 0 Å². The number of anilines is 1. The van der Waals surface area contributed by atoms with Gasteiger partial charge in [0.05, 0.1) is 12.3 Å². The first-order chi connectivity index (χ1) is 10.6. The van der Waals surface area contributed by atoms with Gasteiger partial charge in [-0.1, -0.05) is 26.8 Å². The second-order valence-electron chi connectivity index (χ2n) is 6.95. The van der Waals surface area contributed by atoms with Gasteiger partial charge in [0.1, 0.15) is 5.75 Å². The molecule has 124 valence electrons. The van der Waals surface area contributed by atoms with E-state index in [0.717, 1.165) is 44.5 Å². The topological polar surface area (TPSA) is 24.5 Å². The molecule has 0 radical (unpaired) electrons.